The van der Waals surface area contributed by atoms with Crippen LogP contribution in [0.5, 0.6) is 11.5 Å². The number of carbonyl (C=O) groups excluding carboxylic acids is 1. The van der Waals surface area contributed by atoms with Crippen LogP contribution in [0.4, 0.5) is 0 Å². The Morgan fingerprint density at radius 1 is 1.30 bits per heavy atom. The van der Waals surface area contributed by atoms with Gasteiger partial charge in [0, 0.05) is 0 Å². The van der Waals surface area contributed by atoms with Gasteiger partial charge in [-0.2, -0.15) is 5.26 Å². The van der Waals surface area contributed by atoms with Gasteiger partial charge in [-0.3, -0.25) is 4.79 Å². The van der Waals surface area contributed by atoms with E-state index in [1.165, 1.54) is 0 Å². The van der Waals surface area contributed by atoms with Crippen molar-refractivity contribution in [1.29, 1.82) is 5.26 Å². The van der Waals surface area contributed by atoms with Crippen LogP contribution < -0.4 is 14.8 Å². The topological polar surface area (TPSA) is 87.1 Å². The molecule has 0 aliphatic carbocycles. The fraction of sp³-hybridized carbons (Fsp3) is 0.294. The number of aromatic nitrogens is 1. The summed E-state index contributed by atoms with van der Waals surface area (Å²) in [5.74, 6) is 1.19. The van der Waals surface area contributed by atoms with E-state index in [1.54, 1.807) is 12.1 Å². The lowest BCUT2D eigenvalue weighted by atomic mass is 10.0. The highest BCUT2D eigenvalue weighted by molar-refractivity contribution is 5.92. The van der Waals surface area contributed by atoms with E-state index in [0.717, 1.165) is 17.7 Å². The van der Waals surface area contributed by atoms with E-state index in [0.29, 0.717) is 30.4 Å². The van der Waals surface area contributed by atoms with E-state index in [2.05, 4.69) is 10.3 Å². The molecule has 1 unspecified atom stereocenters. The van der Waals surface area contributed by atoms with Crippen molar-refractivity contribution < 1.29 is 14.3 Å². The van der Waals surface area contributed by atoms with Gasteiger partial charge in [0.1, 0.15) is 30.7 Å². The van der Waals surface area contributed by atoms with Crippen LogP contribution in [0, 0.1) is 11.3 Å². The maximum Gasteiger partial charge on any atom is 0.268 e. The number of benzene rings is 1. The van der Waals surface area contributed by atoms with Gasteiger partial charge in [-0.15, -0.1) is 0 Å². The van der Waals surface area contributed by atoms with E-state index < -0.39 is 0 Å². The van der Waals surface area contributed by atoms with Crippen LogP contribution in [0.2, 0.25) is 0 Å². The predicted octanol–water partition coefficient (Wildman–Crippen LogP) is 2.54. The summed E-state index contributed by atoms with van der Waals surface area (Å²) >= 11 is 0. The van der Waals surface area contributed by atoms with E-state index in [4.69, 9.17) is 14.7 Å². The summed E-state index contributed by atoms with van der Waals surface area (Å²) in [5, 5.41) is 11.8. The number of ether oxygens (including phenoxy) is 2. The Bertz CT molecular complexity index is 761. The summed E-state index contributed by atoms with van der Waals surface area (Å²) in [5.41, 5.74) is 1.69. The molecule has 1 aromatic carbocycles. The number of carbonyl (C=O) groups is 1. The molecular formula is C17H17N3O3. The number of hydrogen-bond donors (Lipinski definition) is 2. The van der Waals surface area contributed by atoms with E-state index >= 15 is 0 Å². The van der Waals surface area contributed by atoms with Crippen LogP contribution in [0.3, 0.4) is 0 Å². The number of hydrogen-bond acceptors (Lipinski definition) is 4. The molecule has 0 saturated heterocycles. The molecule has 2 aromatic rings. The maximum absolute atomic E-state index is 12.3. The molecule has 1 aliphatic heterocycles. The zero-order chi connectivity index (χ0) is 16.2. The van der Waals surface area contributed by atoms with Gasteiger partial charge in [0.05, 0.1) is 6.04 Å². The smallest absolute Gasteiger partial charge is 0.268 e. The van der Waals surface area contributed by atoms with Crippen LogP contribution >= 0.6 is 0 Å². The van der Waals surface area contributed by atoms with Crippen molar-refractivity contribution in [2.45, 2.75) is 19.4 Å². The zero-order valence-corrected chi connectivity index (χ0v) is 12.8. The first-order valence-corrected chi connectivity index (χ1v) is 7.50. The largest absolute Gasteiger partial charge is 0.486 e. The monoisotopic (exact) mass is 311 g/mol. The van der Waals surface area contributed by atoms with Crippen molar-refractivity contribution >= 4 is 5.91 Å². The fourth-order valence-electron chi connectivity index (χ4n) is 2.53. The van der Waals surface area contributed by atoms with Crippen molar-refractivity contribution in [3.63, 3.8) is 0 Å². The summed E-state index contributed by atoms with van der Waals surface area (Å²) in [6.07, 6.45) is 0.733. The highest BCUT2D eigenvalue weighted by atomic mass is 16.6. The van der Waals surface area contributed by atoms with Crippen molar-refractivity contribution in [2.75, 3.05) is 13.2 Å². The summed E-state index contributed by atoms with van der Waals surface area (Å²) in [6.45, 7) is 3.07. The molecule has 118 valence electrons. The lowest BCUT2D eigenvalue weighted by Crippen LogP contribution is -2.28. The number of nitrogens with zero attached hydrogens (tertiary/aromatic N) is 1. The van der Waals surface area contributed by atoms with Gasteiger partial charge in [-0.1, -0.05) is 13.0 Å². The standard InChI is InChI=1S/C17H17N3O3/c1-2-13(20-17(21)14-5-4-12(10-18)19-14)11-3-6-15-16(9-11)23-8-7-22-15/h3-6,9,13,19H,2,7-8H2,1H3,(H,20,21). The lowest BCUT2D eigenvalue weighted by Gasteiger charge is -2.22. The van der Waals surface area contributed by atoms with Crippen LogP contribution in [0.15, 0.2) is 30.3 Å². The molecule has 0 fully saturated rings. The van der Waals surface area contributed by atoms with Gasteiger partial charge >= 0.3 is 0 Å². The molecule has 2 N–H and O–H groups in total. The normalized spacial score (nSPS) is 13.9. The molecular weight excluding hydrogens is 294 g/mol. The second kappa shape index (κ2) is 6.44. The summed E-state index contributed by atoms with van der Waals surface area (Å²) in [7, 11) is 0. The number of rotatable bonds is 4. The predicted molar refractivity (Wildman–Crippen MR) is 83.4 cm³/mol. The molecule has 1 aromatic heterocycles. The SMILES string of the molecule is CCC(NC(=O)c1ccc(C#N)[nH]1)c1ccc2c(c1)OCCO2. The zero-order valence-electron chi connectivity index (χ0n) is 12.8. The Balaban J connectivity index is 1.77. The summed E-state index contributed by atoms with van der Waals surface area (Å²) in [4.78, 5) is 15.1. The highest BCUT2D eigenvalue weighted by Crippen LogP contribution is 2.33. The van der Waals surface area contributed by atoms with Crippen LogP contribution in [0.1, 0.15) is 41.1 Å². The quantitative estimate of drug-likeness (QED) is 0.908. The maximum atomic E-state index is 12.3. The van der Waals surface area contributed by atoms with Crippen molar-refractivity contribution in [1.82, 2.24) is 10.3 Å². The number of H-pyrrole nitrogens is 1. The number of amides is 1. The first-order chi connectivity index (χ1) is 11.2. The molecule has 0 saturated carbocycles. The van der Waals surface area contributed by atoms with Gasteiger partial charge in [0.15, 0.2) is 11.5 Å². The minimum Gasteiger partial charge on any atom is -0.486 e. The van der Waals surface area contributed by atoms with E-state index in [1.807, 2.05) is 31.2 Å². The third-order valence-electron chi connectivity index (χ3n) is 3.73. The van der Waals surface area contributed by atoms with Crippen LogP contribution in [-0.2, 0) is 0 Å². The molecule has 6 nitrogen and oxygen atoms in total. The summed E-state index contributed by atoms with van der Waals surface area (Å²) < 4.78 is 11.1. The minimum absolute atomic E-state index is 0.146. The molecule has 6 heteroatoms. The van der Waals surface area contributed by atoms with Gasteiger partial charge in [0.25, 0.3) is 5.91 Å². The lowest BCUT2D eigenvalue weighted by molar-refractivity contribution is 0.0931. The van der Waals surface area contributed by atoms with Crippen LogP contribution in [0.25, 0.3) is 0 Å². The first kappa shape index (κ1) is 15.0. The van der Waals surface area contributed by atoms with E-state index in [-0.39, 0.29) is 11.9 Å². The molecule has 1 aliphatic rings. The van der Waals surface area contributed by atoms with Crippen molar-refractivity contribution in [2.24, 2.45) is 0 Å². The average molecular weight is 311 g/mol. The molecule has 1 atom stereocenters. The van der Waals surface area contributed by atoms with E-state index in [9.17, 15) is 4.79 Å². The Labute approximate surface area is 134 Å². The highest BCUT2D eigenvalue weighted by Gasteiger charge is 2.18. The summed E-state index contributed by atoms with van der Waals surface area (Å²) in [6, 6.07) is 10.7. The number of nitriles is 1. The second-order valence-corrected chi connectivity index (χ2v) is 5.23. The number of aromatic amines is 1. The van der Waals surface area contributed by atoms with Gasteiger partial charge in [-0.05, 0) is 36.2 Å². The van der Waals surface area contributed by atoms with Gasteiger partial charge in [0.2, 0.25) is 0 Å². The molecule has 2 heterocycles. The Morgan fingerprint density at radius 3 is 2.78 bits per heavy atom. The number of fused-ring (bicyclic) bond motifs is 1. The third kappa shape index (κ3) is 3.14. The third-order valence-corrected chi connectivity index (χ3v) is 3.73. The van der Waals surface area contributed by atoms with Gasteiger partial charge in [-0.25, -0.2) is 0 Å². The Morgan fingerprint density at radius 2 is 2.09 bits per heavy atom. The van der Waals surface area contributed by atoms with Crippen molar-refractivity contribution in [3.05, 3.63) is 47.3 Å². The van der Waals surface area contributed by atoms with Crippen LogP contribution in [-0.4, -0.2) is 24.1 Å². The molecule has 1 amide bonds. The molecule has 0 radical (unpaired) electrons. The van der Waals surface area contributed by atoms with Gasteiger partial charge < -0.3 is 19.8 Å². The Kier molecular flexibility index (Phi) is 4.20. The average Bonchev–Trinajstić information content (AvgIpc) is 3.08. The minimum atomic E-state index is -0.242. The number of nitrogens with one attached hydrogen (secondary N) is 2. The fourth-order valence-corrected chi connectivity index (χ4v) is 2.53. The van der Waals surface area contributed by atoms with Crippen molar-refractivity contribution in [3.8, 4) is 17.6 Å². The molecule has 23 heavy (non-hydrogen) atoms. The molecule has 3 rings (SSSR count). The molecule has 0 bridgehead atoms. The Hall–Kier alpha value is -2.94. The second-order valence-electron chi connectivity index (χ2n) is 5.23. The first-order valence-electron chi connectivity index (χ1n) is 7.50. The molecule has 0 spiro atoms.